The second kappa shape index (κ2) is 5.82. The standard InChI is InChI=1S/C19H15NO2/c1-13-7-10-18-16(11-13)17(19(21)22)12-15(20-18)9-8-14-5-3-2-4-6-14/h2-12H,1H3,(H,21,22)/p-1/b9-8+. The molecule has 2 aromatic carbocycles. The van der Waals surface area contributed by atoms with Crippen molar-refractivity contribution in [2.24, 2.45) is 0 Å². The van der Waals surface area contributed by atoms with E-state index in [1.165, 1.54) is 0 Å². The number of aromatic carboxylic acids is 1. The highest BCUT2D eigenvalue weighted by Crippen LogP contribution is 2.20. The van der Waals surface area contributed by atoms with Gasteiger partial charge in [0.25, 0.3) is 0 Å². The van der Waals surface area contributed by atoms with E-state index in [9.17, 15) is 9.90 Å². The Morgan fingerprint density at radius 2 is 1.82 bits per heavy atom. The van der Waals surface area contributed by atoms with Gasteiger partial charge in [-0.2, -0.15) is 0 Å². The number of pyridine rings is 1. The molecule has 0 aliphatic rings. The number of carbonyl (C=O) groups is 1. The Kier molecular flexibility index (Phi) is 3.71. The number of aromatic nitrogens is 1. The van der Waals surface area contributed by atoms with Gasteiger partial charge in [-0.1, -0.05) is 48.0 Å². The number of hydrogen-bond donors (Lipinski definition) is 0. The first-order valence-corrected chi connectivity index (χ1v) is 6.99. The van der Waals surface area contributed by atoms with Crippen LogP contribution in [0.3, 0.4) is 0 Å². The third kappa shape index (κ3) is 2.88. The molecule has 0 aliphatic carbocycles. The fourth-order valence-corrected chi connectivity index (χ4v) is 2.36. The minimum Gasteiger partial charge on any atom is -0.545 e. The monoisotopic (exact) mass is 288 g/mol. The van der Waals surface area contributed by atoms with Gasteiger partial charge in [-0.3, -0.25) is 0 Å². The summed E-state index contributed by atoms with van der Waals surface area (Å²) in [5, 5.41) is 12.0. The van der Waals surface area contributed by atoms with Crippen LogP contribution in [0, 0.1) is 6.92 Å². The molecule has 0 radical (unpaired) electrons. The van der Waals surface area contributed by atoms with Gasteiger partial charge < -0.3 is 9.90 Å². The van der Waals surface area contributed by atoms with E-state index in [1.54, 1.807) is 12.1 Å². The minimum atomic E-state index is -1.19. The van der Waals surface area contributed by atoms with E-state index in [4.69, 9.17) is 0 Å². The van der Waals surface area contributed by atoms with Gasteiger partial charge in [0.15, 0.2) is 0 Å². The van der Waals surface area contributed by atoms with Gasteiger partial charge in [0.2, 0.25) is 0 Å². The number of benzene rings is 2. The summed E-state index contributed by atoms with van der Waals surface area (Å²) in [4.78, 5) is 15.9. The zero-order valence-electron chi connectivity index (χ0n) is 12.1. The van der Waals surface area contributed by atoms with Gasteiger partial charge in [0, 0.05) is 10.9 Å². The minimum absolute atomic E-state index is 0.168. The van der Waals surface area contributed by atoms with Crippen molar-refractivity contribution in [1.29, 1.82) is 0 Å². The van der Waals surface area contributed by atoms with Crippen molar-refractivity contribution in [3.05, 3.63) is 77.0 Å². The maximum Gasteiger partial charge on any atom is 0.0722 e. The Balaban J connectivity index is 2.09. The molecule has 0 bridgehead atoms. The molecular weight excluding hydrogens is 274 g/mol. The molecular formula is C19H14NO2-. The van der Waals surface area contributed by atoms with Gasteiger partial charge in [-0.15, -0.1) is 0 Å². The number of rotatable bonds is 3. The quantitative estimate of drug-likeness (QED) is 0.744. The molecule has 0 saturated heterocycles. The Morgan fingerprint density at radius 1 is 1.05 bits per heavy atom. The summed E-state index contributed by atoms with van der Waals surface area (Å²) in [6, 6.07) is 16.9. The highest BCUT2D eigenvalue weighted by molar-refractivity contribution is 6.02. The molecule has 0 atom stereocenters. The fourth-order valence-electron chi connectivity index (χ4n) is 2.36. The van der Waals surface area contributed by atoms with Crippen molar-refractivity contribution in [3.63, 3.8) is 0 Å². The summed E-state index contributed by atoms with van der Waals surface area (Å²) in [7, 11) is 0. The van der Waals surface area contributed by atoms with E-state index in [1.807, 2.05) is 61.5 Å². The maximum atomic E-state index is 11.4. The Bertz CT molecular complexity index is 867. The topological polar surface area (TPSA) is 53.0 Å². The smallest absolute Gasteiger partial charge is 0.0722 e. The number of carboxylic acids is 1. The van der Waals surface area contributed by atoms with E-state index in [0.717, 1.165) is 11.1 Å². The number of fused-ring (bicyclic) bond motifs is 1. The number of carbonyl (C=O) groups excluding carboxylic acids is 1. The lowest BCUT2D eigenvalue weighted by atomic mass is 10.0. The average molecular weight is 288 g/mol. The van der Waals surface area contributed by atoms with Crippen molar-refractivity contribution < 1.29 is 9.90 Å². The summed E-state index contributed by atoms with van der Waals surface area (Å²) in [5.74, 6) is -1.19. The first-order valence-electron chi connectivity index (χ1n) is 6.99. The van der Waals surface area contributed by atoms with Gasteiger partial charge >= 0.3 is 0 Å². The van der Waals surface area contributed by atoms with E-state index in [-0.39, 0.29) is 5.56 Å². The normalized spacial score (nSPS) is 11.1. The Morgan fingerprint density at radius 3 is 2.55 bits per heavy atom. The van der Waals surface area contributed by atoms with Crippen LogP contribution in [0.15, 0.2) is 54.6 Å². The maximum absolute atomic E-state index is 11.4. The summed E-state index contributed by atoms with van der Waals surface area (Å²) < 4.78 is 0. The van der Waals surface area contributed by atoms with Crippen LogP contribution >= 0.6 is 0 Å². The molecule has 0 N–H and O–H groups in total. The average Bonchev–Trinajstić information content (AvgIpc) is 2.53. The van der Waals surface area contributed by atoms with Gasteiger partial charge in [0.1, 0.15) is 0 Å². The molecule has 0 amide bonds. The molecule has 3 aromatic rings. The van der Waals surface area contributed by atoms with E-state index in [2.05, 4.69) is 4.98 Å². The summed E-state index contributed by atoms with van der Waals surface area (Å²) >= 11 is 0. The van der Waals surface area contributed by atoms with Crippen LogP contribution in [0.4, 0.5) is 0 Å². The van der Waals surface area contributed by atoms with Crippen molar-refractivity contribution in [3.8, 4) is 0 Å². The number of nitrogens with zero attached hydrogens (tertiary/aromatic N) is 1. The van der Waals surface area contributed by atoms with Crippen molar-refractivity contribution in [2.75, 3.05) is 0 Å². The molecule has 0 aliphatic heterocycles. The molecule has 0 unspecified atom stereocenters. The van der Waals surface area contributed by atoms with E-state index >= 15 is 0 Å². The molecule has 22 heavy (non-hydrogen) atoms. The number of carboxylic acid groups (broad SMARTS) is 1. The highest BCUT2D eigenvalue weighted by Gasteiger charge is 2.06. The van der Waals surface area contributed by atoms with Crippen LogP contribution in [-0.2, 0) is 0 Å². The Labute approximate surface area is 128 Å². The van der Waals surface area contributed by atoms with Gasteiger partial charge in [-0.25, -0.2) is 4.98 Å². The molecule has 3 nitrogen and oxygen atoms in total. The molecule has 0 spiro atoms. The van der Waals surface area contributed by atoms with Crippen LogP contribution in [0.1, 0.15) is 27.2 Å². The highest BCUT2D eigenvalue weighted by atomic mass is 16.4. The fraction of sp³-hybridized carbons (Fsp3) is 0.0526. The molecule has 0 fully saturated rings. The molecule has 108 valence electrons. The second-order valence-electron chi connectivity index (χ2n) is 5.15. The SMILES string of the molecule is Cc1ccc2nc(/C=C/c3ccccc3)cc(C(=O)[O-])c2c1. The Hall–Kier alpha value is -2.94. The van der Waals surface area contributed by atoms with Crippen molar-refractivity contribution in [1.82, 2.24) is 4.98 Å². The van der Waals surface area contributed by atoms with Crippen LogP contribution < -0.4 is 5.11 Å². The summed E-state index contributed by atoms with van der Waals surface area (Å²) in [6.07, 6.45) is 3.71. The summed E-state index contributed by atoms with van der Waals surface area (Å²) in [5.41, 5.74) is 3.44. The van der Waals surface area contributed by atoms with Crippen LogP contribution in [0.5, 0.6) is 0 Å². The predicted molar refractivity (Wildman–Crippen MR) is 86.2 cm³/mol. The number of aryl methyl sites for hydroxylation is 1. The van der Waals surface area contributed by atoms with E-state index < -0.39 is 5.97 Å². The second-order valence-corrected chi connectivity index (χ2v) is 5.15. The number of hydrogen-bond acceptors (Lipinski definition) is 3. The molecule has 0 saturated carbocycles. The predicted octanol–water partition coefficient (Wildman–Crippen LogP) is 3.08. The van der Waals surface area contributed by atoms with Crippen molar-refractivity contribution in [2.45, 2.75) is 6.92 Å². The summed E-state index contributed by atoms with van der Waals surface area (Å²) in [6.45, 7) is 1.92. The molecule has 1 heterocycles. The lowest BCUT2D eigenvalue weighted by Crippen LogP contribution is -2.22. The third-order valence-corrected chi connectivity index (χ3v) is 3.45. The van der Waals surface area contributed by atoms with Crippen LogP contribution in [0.25, 0.3) is 23.1 Å². The van der Waals surface area contributed by atoms with Gasteiger partial charge in [0.05, 0.1) is 17.2 Å². The lowest BCUT2D eigenvalue weighted by Gasteiger charge is -2.09. The van der Waals surface area contributed by atoms with Crippen LogP contribution in [-0.4, -0.2) is 11.0 Å². The third-order valence-electron chi connectivity index (χ3n) is 3.45. The molecule has 3 heteroatoms. The van der Waals surface area contributed by atoms with Crippen LogP contribution in [0.2, 0.25) is 0 Å². The van der Waals surface area contributed by atoms with Crippen molar-refractivity contribution >= 4 is 29.0 Å². The first kappa shape index (κ1) is 14.0. The van der Waals surface area contributed by atoms with Gasteiger partial charge in [-0.05, 0) is 36.8 Å². The zero-order valence-corrected chi connectivity index (χ0v) is 12.1. The zero-order chi connectivity index (χ0) is 15.5. The molecule has 3 rings (SSSR count). The first-order chi connectivity index (χ1) is 10.6. The lowest BCUT2D eigenvalue weighted by molar-refractivity contribution is -0.254. The molecule has 1 aromatic heterocycles. The largest absolute Gasteiger partial charge is 0.545 e. The van der Waals surface area contributed by atoms with E-state index in [0.29, 0.717) is 16.6 Å².